The Kier molecular flexibility index (Phi) is 5.48. The van der Waals surface area contributed by atoms with Gasteiger partial charge in [0.05, 0.1) is 6.04 Å². The molecule has 1 N–H and O–H groups in total. The van der Waals surface area contributed by atoms with Gasteiger partial charge in [-0.25, -0.2) is 4.39 Å². The van der Waals surface area contributed by atoms with Crippen LogP contribution in [0.2, 0.25) is 0 Å². The highest BCUT2D eigenvalue weighted by Gasteiger charge is 2.29. The molecule has 1 aromatic carbocycles. The summed E-state index contributed by atoms with van der Waals surface area (Å²) in [5.41, 5.74) is 0.858. The summed E-state index contributed by atoms with van der Waals surface area (Å²) >= 11 is 0. The lowest BCUT2D eigenvalue weighted by Crippen LogP contribution is -2.50. The van der Waals surface area contributed by atoms with Crippen LogP contribution in [-0.4, -0.2) is 35.8 Å². The molecule has 1 aliphatic heterocycles. The number of hydrogen-bond acceptors (Lipinski definition) is 2. The zero-order valence-corrected chi connectivity index (χ0v) is 14.0. The van der Waals surface area contributed by atoms with Crippen molar-refractivity contribution in [3.05, 3.63) is 35.6 Å². The molecular formula is C19H25FN2O2. The molecule has 24 heavy (non-hydrogen) atoms. The van der Waals surface area contributed by atoms with E-state index in [1.807, 2.05) is 11.0 Å². The Bertz CT molecular complexity index is 601. The van der Waals surface area contributed by atoms with Crippen LogP contribution in [-0.2, 0) is 16.0 Å². The average molecular weight is 332 g/mol. The first-order valence-corrected chi connectivity index (χ1v) is 8.95. The molecule has 4 nitrogen and oxygen atoms in total. The summed E-state index contributed by atoms with van der Waals surface area (Å²) in [5, 5.41) is 3.01. The van der Waals surface area contributed by atoms with Gasteiger partial charge in [-0.15, -0.1) is 0 Å². The summed E-state index contributed by atoms with van der Waals surface area (Å²) in [7, 11) is 0. The number of carbonyl (C=O) groups is 2. The normalized spacial score (nSPS) is 19.7. The molecule has 130 valence electrons. The van der Waals surface area contributed by atoms with Gasteiger partial charge in [0.1, 0.15) is 5.82 Å². The van der Waals surface area contributed by atoms with Crippen molar-refractivity contribution in [2.75, 3.05) is 13.1 Å². The number of rotatable bonds is 6. The van der Waals surface area contributed by atoms with Crippen LogP contribution in [0.25, 0.3) is 0 Å². The molecule has 2 fully saturated rings. The Labute approximate surface area is 142 Å². The van der Waals surface area contributed by atoms with Gasteiger partial charge < -0.3 is 10.2 Å². The predicted molar refractivity (Wildman–Crippen MR) is 89.8 cm³/mol. The van der Waals surface area contributed by atoms with Gasteiger partial charge in [-0.2, -0.15) is 0 Å². The van der Waals surface area contributed by atoms with Crippen LogP contribution in [0.1, 0.15) is 44.1 Å². The number of benzene rings is 1. The van der Waals surface area contributed by atoms with E-state index in [0.29, 0.717) is 19.4 Å². The fraction of sp³-hybridized carbons (Fsp3) is 0.579. The Morgan fingerprint density at radius 3 is 2.79 bits per heavy atom. The van der Waals surface area contributed by atoms with Crippen molar-refractivity contribution in [1.29, 1.82) is 0 Å². The third kappa shape index (κ3) is 4.13. The van der Waals surface area contributed by atoms with Crippen molar-refractivity contribution in [2.24, 2.45) is 5.92 Å². The fourth-order valence-electron chi connectivity index (χ4n) is 3.47. The largest absolute Gasteiger partial charge is 0.354 e. The Hall–Kier alpha value is -1.91. The minimum absolute atomic E-state index is 0.0925. The number of halogens is 1. The quantitative estimate of drug-likeness (QED) is 0.871. The van der Waals surface area contributed by atoms with Gasteiger partial charge in [0.25, 0.3) is 0 Å². The van der Waals surface area contributed by atoms with Crippen molar-refractivity contribution in [3.63, 3.8) is 0 Å². The maximum Gasteiger partial charge on any atom is 0.223 e. The van der Waals surface area contributed by atoms with E-state index >= 15 is 0 Å². The highest BCUT2D eigenvalue weighted by molar-refractivity contribution is 5.80. The van der Waals surface area contributed by atoms with Crippen LogP contribution >= 0.6 is 0 Å². The molecule has 0 radical (unpaired) electrons. The van der Waals surface area contributed by atoms with Crippen LogP contribution in [0, 0.1) is 11.7 Å². The number of carbonyl (C=O) groups excluding carboxylic acids is 2. The first kappa shape index (κ1) is 16.9. The summed E-state index contributed by atoms with van der Waals surface area (Å²) in [4.78, 5) is 26.3. The van der Waals surface area contributed by atoms with Crippen molar-refractivity contribution >= 4 is 11.8 Å². The number of nitrogens with zero attached hydrogens (tertiary/aromatic N) is 1. The zero-order valence-electron chi connectivity index (χ0n) is 14.0. The van der Waals surface area contributed by atoms with Gasteiger partial charge >= 0.3 is 0 Å². The van der Waals surface area contributed by atoms with Crippen LogP contribution in [0.3, 0.4) is 0 Å². The lowest BCUT2D eigenvalue weighted by molar-refractivity contribution is -0.136. The summed E-state index contributed by atoms with van der Waals surface area (Å²) < 4.78 is 13.5. The molecule has 1 heterocycles. The maximum atomic E-state index is 13.5. The van der Waals surface area contributed by atoms with Gasteiger partial charge in [0.2, 0.25) is 11.8 Å². The van der Waals surface area contributed by atoms with E-state index in [4.69, 9.17) is 0 Å². The van der Waals surface area contributed by atoms with Crippen molar-refractivity contribution in [3.8, 4) is 0 Å². The lowest BCUT2D eigenvalue weighted by atomic mass is 9.85. The molecule has 1 atom stereocenters. The van der Waals surface area contributed by atoms with Gasteiger partial charge in [-0.05, 0) is 49.8 Å². The zero-order chi connectivity index (χ0) is 16.9. The van der Waals surface area contributed by atoms with Crippen molar-refractivity contribution in [1.82, 2.24) is 10.2 Å². The minimum Gasteiger partial charge on any atom is -0.354 e. The molecule has 0 spiro atoms. The highest BCUT2D eigenvalue weighted by Crippen LogP contribution is 2.26. The Morgan fingerprint density at radius 2 is 2.12 bits per heavy atom. The van der Waals surface area contributed by atoms with E-state index in [1.165, 1.54) is 12.1 Å². The number of likely N-dealkylation sites (tertiary alicyclic amines) is 1. The SMILES string of the molecule is O=C(NCC(Cc1cccc(F)c1)N1CCCCC1=O)C1CCC1. The summed E-state index contributed by atoms with van der Waals surface area (Å²) in [6, 6.07) is 6.38. The Morgan fingerprint density at radius 1 is 1.29 bits per heavy atom. The van der Waals surface area contributed by atoms with Crippen LogP contribution < -0.4 is 5.32 Å². The third-order valence-electron chi connectivity index (χ3n) is 5.15. The van der Waals surface area contributed by atoms with Gasteiger partial charge in [-0.1, -0.05) is 18.6 Å². The molecule has 5 heteroatoms. The van der Waals surface area contributed by atoms with E-state index in [1.54, 1.807) is 6.07 Å². The molecule has 2 amide bonds. The molecule has 1 aliphatic carbocycles. The van der Waals surface area contributed by atoms with Crippen LogP contribution in [0.4, 0.5) is 4.39 Å². The van der Waals surface area contributed by atoms with Crippen molar-refractivity contribution < 1.29 is 14.0 Å². The van der Waals surface area contributed by atoms with Crippen LogP contribution in [0.5, 0.6) is 0 Å². The molecule has 1 saturated carbocycles. The maximum absolute atomic E-state index is 13.5. The standard InChI is InChI=1S/C19H25FN2O2/c20-16-8-3-5-14(11-16)12-17(22-10-2-1-9-18(22)23)13-21-19(24)15-6-4-7-15/h3,5,8,11,15,17H,1-2,4,6-7,9-10,12-13H2,(H,21,24). The van der Waals surface area contributed by atoms with Crippen LogP contribution in [0.15, 0.2) is 24.3 Å². The number of amides is 2. The summed E-state index contributed by atoms with van der Waals surface area (Å²) in [5.74, 6) is 0.0992. The molecule has 1 saturated heterocycles. The number of hydrogen-bond donors (Lipinski definition) is 1. The predicted octanol–water partition coefficient (Wildman–Crippen LogP) is 2.67. The molecule has 0 aromatic heterocycles. The number of piperidine rings is 1. The highest BCUT2D eigenvalue weighted by atomic mass is 19.1. The molecule has 1 aromatic rings. The average Bonchev–Trinajstić information content (AvgIpc) is 2.50. The van der Waals surface area contributed by atoms with Gasteiger partial charge in [0, 0.05) is 25.4 Å². The second kappa shape index (κ2) is 7.77. The van der Waals surface area contributed by atoms with E-state index < -0.39 is 0 Å². The summed E-state index contributed by atoms with van der Waals surface area (Å²) in [6.07, 6.45) is 6.09. The first-order valence-electron chi connectivity index (χ1n) is 8.95. The van der Waals surface area contributed by atoms with E-state index in [-0.39, 0.29) is 29.6 Å². The van der Waals surface area contributed by atoms with E-state index in [0.717, 1.165) is 44.2 Å². The molecule has 0 bridgehead atoms. The first-order chi connectivity index (χ1) is 11.6. The smallest absolute Gasteiger partial charge is 0.223 e. The van der Waals surface area contributed by atoms with Gasteiger partial charge in [0.15, 0.2) is 0 Å². The lowest BCUT2D eigenvalue weighted by Gasteiger charge is -2.35. The monoisotopic (exact) mass is 332 g/mol. The Balaban J connectivity index is 1.67. The van der Waals surface area contributed by atoms with E-state index in [2.05, 4.69) is 5.32 Å². The minimum atomic E-state index is -0.269. The fourth-order valence-corrected chi connectivity index (χ4v) is 3.47. The molecule has 2 aliphatic rings. The van der Waals surface area contributed by atoms with Crippen molar-refractivity contribution in [2.45, 2.75) is 51.0 Å². The summed E-state index contributed by atoms with van der Waals surface area (Å²) in [6.45, 7) is 1.16. The second-order valence-electron chi connectivity index (χ2n) is 6.91. The molecule has 1 unspecified atom stereocenters. The second-order valence-corrected chi connectivity index (χ2v) is 6.91. The molecule has 3 rings (SSSR count). The molecular weight excluding hydrogens is 307 g/mol. The van der Waals surface area contributed by atoms with Gasteiger partial charge in [-0.3, -0.25) is 9.59 Å². The third-order valence-corrected chi connectivity index (χ3v) is 5.15. The number of nitrogens with one attached hydrogen (secondary N) is 1. The van der Waals surface area contributed by atoms with E-state index in [9.17, 15) is 14.0 Å². The topological polar surface area (TPSA) is 49.4 Å².